The third-order valence-electron chi connectivity index (χ3n) is 2.97. The van der Waals surface area contributed by atoms with Crippen LogP contribution in [0.2, 0.25) is 0 Å². The minimum absolute atomic E-state index is 0.0282. The lowest BCUT2D eigenvalue weighted by atomic mass is 10.2. The molecule has 0 spiro atoms. The standard InChI is InChI=1S/C11H22N2OS2/c1-9(4-6-15-3)13(2)11(14)10-8-16-7-5-12-10/h9-10,12H,4-8H2,1-3H3. The van der Waals surface area contributed by atoms with Gasteiger partial charge < -0.3 is 10.2 Å². The van der Waals surface area contributed by atoms with Gasteiger partial charge in [-0.15, -0.1) is 0 Å². The lowest BCUT2D eigenvalue weighted by Gasteiger charge is -2.31. The van der Waals surface area contributed by atoms with Crippen molar-refractivity contribution in [2.45, 2.75) is 25.4 Å². The maximum Gasteiger partial charge on any atom is 0.240 e. The van der Waals surface area contributed by atoms with Gasteiger partial charge in [-0.05, 0) is 25.4 Å². The molecule has 0 bridgehead atoms. The zero-order chi connectivity index (χ0) is 12.0. The molecule has 2 atom stereocenters. The molecule has 5 heteroatoms. The Hall–Kier alpha value is 0.130. The molecule has 1 rings (SSSR count). The van der Waals surface area contributed by atoms with Crippen molar-refractivity contribution in [2.24, 2.45) is 0 Å². The van der Waals surface area contributed by atoms with Crippen LogP contribution in [0.1, 0.15) is 13.3 Å². The van der Waals surface area contributed by atoms with Gasteiger partial charge in [-0.3, -0.25) is 4.79 Å². The smallest absolute Gasteiger partial charge is 0.240 e. The Bertz CT molecular complexity index is 220. The maximum atomic E-state index is 12.1. The van der Waals surface area contributed by atoms with Crippen LogP contribution < -0.4 is 5.32 Å². The summed E-state index contributed by atoms with van der Waals surface area (Å²) < 4.78 is 0. The monoisotopic (exact) mass is 262 g/mol. The Balaban J connectivity index is 2.38. The van der Waals surface area contributed by atoms with E-state index in [4.69, 9.17) is 0 Å². The fraction of sp³-hybridized carbons (Fsp3) is 0.909. The summed E-state index contributed by atoms with van der Waals surface area (Å²) in [6.07, 6.45) is 3.18. The number of likely N-dealkylation sites (N-methyl/N-ethyl adjacent to an activating group) is 1. The van der Waals surface area contributed by atoms with Gasteiger partial charge in [-0.1, -0.05) is 0 Å². The summed E-state index contributed by atoms with van der Waals surface area (Å²) in [5, 5.41) is 3.29. The topological polar surface area (TPSA) is 32.3 Å². The second-order valence-corrected chi connectivity index (χ2v) is 6.30. The second kappa shape index (κ2) is 7.45. The number of hydrogen-bond acceptors (Lipinski definition) is 4. The predicted octanol–water partition coefficient (Wildman–Crippen LogP) is 1.29. The van der Waals surface area contributed by atoms with E-state index in [1.54, 1.807) is 0 Å². The summed E-state index contributed by atoms with van der Waals surface area (Å²) in [7, 11) is 1.92. The van der Waals surface area contributed by atoms with Crippen LogP contribution in [0.4, 0.5) is 0 Å². The average Bonchev–Trinajstić information content (AvgIpc) is 2.35. The SMILES string of the molecule is CSCCC(C)N(C)C(=O)C1CSCCN1. The zero-order valence-corrected chi connectivity index (χ0v) is 12.0. The lowest BCUT2D eigenvalue weighted by Crippen LogP contribution is -2.51. The van der Waals surface area contributed by atoms with E-state index < -0.39 is 0 Å². The van der Waals surface area contributed by atoms with Crippen LogP contribution in [0.3, 0.4) is 0 Å². The number of amides is 1. The Kier molecular flexibility index (Phi) is 6.61. The van der Waals surface area contributed by atoms with Crippen LogP contribution in [-0.2, 0) is 4.79 Å². The predicted molar refractivity (Wildman–Crippen MR) is 74.3 cm³/mol. The molecule has 1 aliphatic rings. The highest BCUT2D eigenvalue weighted by Gasteiger charge is 2.26. The normalized spacial score (nSPS) is 22.8. The number of thioether (sulfide) groups is 2. The molecule has 1 fully saturated rings. The largest absolute Gasteiger partial charge is 0.342 e. The summed E-state index contributed by atoms with van der Waals surface area (Å²) in [4.78, 5) is 14.0. The van der Waals surface area contributed by atoms with Gasteiger partial charge in [0.15, 0.2) is 0 Å². The van der Waals surface area contributed by atoms with Gasteiger partial charge in [0.25, 0.3) is 0 Å². The molecule has 0 aromatic carbocycles. The quantitative estimate of drug-likeness (QED) is 0.809. The molecule has 1 heterocycles. The van der Waals surface area contributed by atoms with Gasteiger partial charge >= 0.3 is 0 Å². The van der Waals surface area contributed by atoms with Crippen molar-refractivity contribution in [1.82, 2.24) is 10.2 Å². The van der Waals surface area contributed by atoms with Gasteiger partial charge in [0, 0.05) is 31.1 Å². The Morgan fingerprint density at radius 1 is 1.69 bits per heavy atom. The number of rotatable bonds is 5. The van der Waals surface area contributed by atoms with Gasteiger partial charge in [-0.2, -0.15) is 23.5 Å². The van der Waals surface area contributed by atoms with E-state index in [1.807, 2.05) is 35.5 Å². The van der Waals surface area contributed by atoms with Gasteiger partial charge in [0.05, 0.1) is 6.04 Å². The zero-order valence-electron chi connectivity index (χ0n) is 10.4. The third kappa shape index (κ3) is 4.18. The minimum atomic E-state index is 0.0282. The number of nitrogens with zero attached hydrogens (tertiary/aromatic N) is 1. The highest BCUT2D eigenvalue weighted by atomic mass is 32.2. The first kappa shape index (κ1) is 14.2. The fourth-order valence-corrected chi connectivity index (χ4v) is 3.17. The molecule has 1 aliphatic heterocycles. The van der Waals surface area contributed by atoms with Crippen LogP contribution in [0.5, 0.6) is 0 Å². The molecule has 1 saturated heterocycles. The first-order valence-corrected chi connectivity index (χ1v) is 8.28. The van der Waals surface area contributed by atoms with E-state index in [0.717, 1.165) is 30.2 Å². The molecule has 0 aliphatic carbocycles. The summed E-state index contributed by atoms with van der Waals surface area (Å²) >= 11 is 3.70. The third-order valence-corrected chi connectivity index (χ3v) is 4.67. The maximum absolute atomic E-state index is 12.1. The van der Waals surface area contributed by atoms with Crippen molar-refractivity contribution in [1.29, 1.82) is 0 Å². The molecule has 0 aromatic heterocycles. The van der Waals surface area contributed by atoms with Gasteiger partial charge in [-0.25, -0.2) is 0 Å². The molecule has 0 aromatic rings. The van der Waals surface area contributed by atoms with Crippen molar-refractivity contribution in [3.05, 3.63) is 0 Å². The molecule has 1 N–H and O–H groups in total. The molecule has 16 heavy (non-hydrogen) atoms. The summed E-state index contributed by atoms with van der Waals surface area (Å²) in [6, 6.07) is 0.370. The molecule has 94 valence electrons. The molecular formula is C11H22N2OS2. The number of nitrogens with one attached hydrogen (secondary N) is 1. The first-order chi connectivity index (χ1) is 7.66. The van der Waals surface area contributed by atoms with E-state index in [-0.39, 0.29) is 11.9 Å². The van der Waals surface area contributed by atoms with E-state index in [9.17, 15) is 4.79 Å². The van der Waals surface area contributed by atoms with E-state index in [2.05, 4.69) is 18.5 Å². The second-order valence-electron chi connectivity index (χ2n) is 4.16. The molecule has 0 radical (unpaired) electrons. The van der Waals surface area contributed by atoms with Crippen LogP contribution >= 0.6 is 23.5 Å². The Labute approximate surface area is 107 Å². The number of carbonyl (C=O) groups excluding carboxylic acids is 1. The van der Waals surface area contributed by atoms with Crippen molar-refractivity contribution in [2.75, 3.05) is 37.1 Å². The van der Waals surface area contributed by atoms with E-state index in [0.29, 0.717) is 6.04 Å². The molecule has 0 saturated carbocycles. The van der Waals surface area contributed by atoms with Crippen molar-refractivity contribution >= 4 is 29.4 Å². The van der Waals surface area contributed by atoms with Gasteiger partial charge in [0.1, 0.15) is 0 Å². The molecular weight excluding hydrogens is 240 g/mol. The van der Waals surface area contributed by atoms with Crippen molar-refractivity contribution in [3.63, 3.8) is 0 Å². The van der Waals surface area contributed by atoms with Crippen LogP contribution in [0.25, 0.3) is 0 Å². The first-order valence-electron chi connectivity index (χ1n) is 5.73. The molecule has 3 nitrogen and oxygen atoms in total. The summed E-state index contributed by atoms with van der Waals surface area (Å²) in [5.74, 6) is 3.40. The average molecular weight is 262 g/mol. The Morgan fingerprint density at radius 2 is 2.44 bits per heavy atom. The Morgan fingerprint density at radius 3 is 3.00 bits per heavy atom. The minimum Gasteiger partial charge on any atom is -0.342 e. The molecule has 2 unspecified atom stereocenters. The number of carbonyl (C=O) groups is 1. The number of hydrogen-bond donors (Lipinski definition) is 1. The van der Waals surface area contributed by atoms with Crippen LogP contribution in [0.15, 0.2) is 0 Å². The lowest BCUT2D eigenvalue weighted by molar-refractivity contribution is -0.133. The van der Waals surface area contributed by atoms with Crippen molar-refractivity contribution in [3.8, 4) is 0 Å². The fourth-order valence-electron chi connectivity index (χ4n) is 1.67. The summed E-state index contributed by atoms with van der Waals surface area (Å²) in [5.41, 5.74) is 0. The highest BCUT2D eigenvalue weighted by Crippen LogP contribution is 2.12. The van der Waals surface area contributed by atoms with E-state index >= 15 is 0 Å². The van der Waals surface area contributed by atoms with Crippen molar-refractivity contribution < 1.29 is 4.79 Å². The van der Waals surface area contributed by atoms with Crippen LogP contribution in [-0.4, -0.2) is 60.0 Å². The molecule has 1 amide bonds. The van der Waals surface area contributed by atoms with Crippen LogP contribution in [0, 0.1) is 0 Å². The van der Waals surface area contributed by atoms with E-state index in [1.165, 1.54) is 0 Å². The summed E-state index contributed by atoms with van der Waals surface area (Å²) in [6.45, 7) is 3.08. The van der Waals surface area contributed by atoms with Gasteiger partial charge in [0.2, 0.25) is 5.91 Å². The highest BCUT2D eigenvalue weighted by molar-refractivity contribution is 7.99.